The average Bonchev–Trinajstić information content (AvgIpc) is 2.40. The highest BCUT2D eigenvalue weighted by Gasteiger charge is 2.27. The molecule has 3 rings (SSSR count). The first-order chi connectivity index (χ1) is 9.15. The Morgan fingerprint density at radius 3 is 2.58 bits per heavy atom. The van der Waals surface area contributed by atoms with Gasteiger partial charge in [-0.25, -0.2) is 0 Å². The lowest BCUT2D eigenvalue weighted by Gasteiger charge is -2.29. The van der Waals surface area contributed by atoms with Gasteiger partial charge in [0.05, 0.1) is 0 Å². The van der Waals surface area contributed by atoms with Gasteiger partial charge in [-0.3, -0.25) is 4.79 Å². The molecule has 102 valence electrons. The molecule has 0 bridgehead atoms. The van der Waals surface area contributed by atoms with Crippen LogP contribution < -0.4 is 5.32 Å². The number of nitrogens with one attached hydrogen (secondary N) is 1. The summed E-state index contributed by atoms with van der Waals surface area (Å²) in [5, 5.41) is 3.06. The number of benzene rings is 1. The molecule has 0 spiro atoms. The Morgan fingerprint density at radius 1 is 1.21 bits per heavy atom. The average molecular weight is 257 g/mol. The molecule has 2 heteroatoms. The lowest BCUT2D eigenvalue weighted by atomic mass is 9.80. The molecule has 0 saturated heterocycles. The van der Waals surface area contributed by atoms with Gasteiger partial charge in [0, 0.05) is 18.0 Å². The van der Waals surface area contributed by atoms with Crippen LogP contribution in [0.25, 0.3) is 0 Å². The van der Waals surface area contributed by atoms with Crippen molar-refractivity contribution in [2.75, 3.05) is 6.54 Å². The fourth-order valence-corrected chi connectivity index (χ4v) is 3.54. The van der Waals surface area contributed by atoms with Crippen molar-refractivity contribution < 1.29 is 4.79 Å². The second kappa shape index (κ2) is 4.99. The summed E-state index contributed by atoms with van der Waals surface area (Å²) in [6.07, 6.45) is 6.06. The van der Waals surface area contributed by atoms with Gasteiger partial charge in [0.25, 0.3) is 5.91 Å². The summed E-state index contributed by atoms with van der Waals surface area (Å²) in [5.74, 6) is 1.30. The largest absolute Gasteiger partial charge is 0.351 e. The first kappa shape index (κ1) is 12.7. The Bertz CT molecular complexity index is 504. The first-order valence-electron chi connectivity index (χ1n) is 7.59. The number of rotatable bonds is 2. The van der Waals surface area contributed by atoms with Crippen LogP contribution in [0.15, 0.2) is 12.1 Å². The van der Waals surface area contributed by atoms with Gasteiger partial charge in [-0.05, 0) is 60.8 Å². The molecule has 0 aromatic heterocycles. The number of amides is 1. The third-order valence-electron chi connectivity index (χ3n) is 4.46. The monoisotopic (exact) mass is 257 g/mol. The third kappa shape index (κ3) is 2.41. The maximum Gasteiger partial charge on any atom is 0.251 e. The summed E-state index contributed by atoms with van der Waals surface area (Å²) in [6, 6.07) is 4.52. The molecule has 19 heavy (non-hydrogen) atoms. The molecular weight excluding hydrogens is 234 g/mol. The van der Waals surface area contributed by atoms with Crippen LogP contribution in [0, 0.1) is 5.92 Å². The van der Waals surface area contributed by atoms with Crippen LogP contribution in [0.1, 0.15) is 66.1 Å². The summed E-state index contributed by atoms with van der Waals surface area (Å²) in [4.78, 5) is 12.1. The van der Waals surface area contributed by atoms with Crippen LogP contribution in [0.5, 0.6) is 0 Å². The Balaban J connectivity index is 2.02. The first-order valence-corrected chi connectivity index (χ1v) is 7.59. The van der Waals surface area contributed by atoms with Gasteiger partial charge >= 0.3 is 0 Å². The zero-order valence-corrected chi connectivity index (χ0v) is 12.0. The zero-order chi connectivity index (χ0) is 13.4. The van der Waals surface area contributed by atoms with Crippen molar-refractivity contribution in [2.45, 2.75) is 51.9 Å². The minimum absolute atomic E-state index is 0.128. The molecule has 2 nitrogen and oxygen atoms in total. The Labute approximate surface area is 115 Å². The topological polar surface area (TPSA) is 29.1 Å². The van der Waals surface area contributed by atoms with E-state index in [0.29, 0.717) is 11.8 Å². The number of carbonyl (C=O) groups excluding carboxylic acids is 1. The van der Waals surface area contributed by atoms with E-state index in [0.717, 1.165) is 24.9 Å². The fourth-order valence-electron chi connectivity index (χ4n) is 3.54. The molecule has 2 aliphatic rings. The van der Waals surface area contributed by atoms with Gasteiger partial charge in [-0.2, -0.15) is 0 Å². The predicted molar refractivity (Wildman–Crippen MR) is 77.6 cm³/mol. The molecule has 1 aliphatic carbocycles. The van der Waals surface area contributed by atoms with E-state index in [4.69, 9.17) is 0 Å². The normalized spacial score (nSPS) is 21.8. The van der Waals surface area contributed by atoms with E-state index in [1.165, 1.54) is 36.0 Å². The fraction of sp³-hybridized carbons (Fsp3) is 0.588. The highest BCUT2D eigenvalue weighted by molar-refractivity contribution is 5.97. The lowest BCUT2D eigenvalue weighted by Crippen LogP contribution is -2.36. The summed E-state index contributed by atoms with van der Waals surface area (Å²) < 4.78 is 0. The maximum absolute atomic E-state index is 12.1. The van der Waals surface area contributed by atoms with Crippen LogP contribution in [0.4, 0.5) is 0 Å². The molecule has 1 unspecified atom stereocenters. The summed E-state index contributed by atoms with van der Waals surface area (Å²) in [5.41, 5.74) is 5.15. The molecule has 0 radical (unpaired) electrons. The second-order valence-electron chi connectivity index (χ2n) is 6.45. The van der Waals surface area contributed by atoms with Gasteiger partial charge in [-0.1, -0.05) is 19.9 Å². The highest BCUT2D eigenvalue weighted by atomic mass is 16.1. The van der Waals surface area contributed by atoms with Gasteiger partial charge < -0.3 is 5.32 Å². The van der Waals surface area contributed by atoms with E-state index in [-0.39, 0.29) is 5.91 Å². The van der Waals surface area contributed by atoms with E-state index >= 15 is 0 Å². The smallest absolute Gasteiger partial charge is 0.251 e. The molecule has 0 saturated carbocycles. The summed E-state index contributed by atoms with van der Waals surface area (Å²) in [6.45, 7) is 5.33. The van der Waals surface area contributed by atoms with Crippen molar-refractivity contribution in [1.29, 1.82) is 0 Å². The van der Waals surface area contributed by atoms with Crippen molar-refractivity contribution in [3.63, 3.8) is 0 Å². The van der Waals surface area contributed by atoms with Gasteiger partial charge in [0.1, 0.15) is 0 Å². The van der Waals surface area contributed by atoms with Crippen LogP contribution in [0.2, 0.25) is 0 Å². The molecule has 1 heterocycles. The van der Waals surface area contributed by atoms with Gasteiger partial charge in [0.2, 0.25) is 0 Å². The SMILES string of the molecule is CC(C)CC1CNC(=O)c2cc3c(cc21)CCCC3. The second-order valence-corrected chi connectivity index (χ2v) is 6.45. The Hall–Kier alpha value is -1.31. The molecule has 1 aromatic rings. The standard InChI is InChI=1S/C17H23NO/c1-11(2)7-14-10-18-17(19)16-9-13-6-4-3-5-12(13)8-15(14)16/h8-9,11,14H,3-7,10H2,1-2H3,(H,18,19). The molecule has 1 N–H and O–H groups in total. The molecule has 1 atom stereocenters. The van der Waals surface area contributed by atoms with Crippen LogP contribution in [-0.2, 0) is 12.8 Å². The molecule has 1 amide bonds. The van der Waals surface area contributed by atoms with E-state index in [2.05, 4.69) is 31.3 Å². The predicted octanol–water partition coefficient (Wildman–Crippen LogP) is 3.44. The van der Waals surface area contributed by atoms with Crippen LogP contribution in [-0.4, -0.2) is 12.5 Å². The lowest BCUT2D eigenvalue weighted by molar-refractivity contribution is 0.0938. The van der Waals surface area contributed by atoms with Gasteiger partial charge in [0.15, 0.2) is 0 Å². The maximum atomic E-state index is 12.1. The minimum Gasteiger partial charge on any atom is -0.351 e. The molecular formula is C17H23NO. The molecule has 0 fully saturated rings. The number of carbonyl (C=O) groups is 1. The van der Waals surface area contributed by atoms with E-state index in [9.17, 15) is 4.79 Å². The Morgan fingerprint density at radius 2 is 1.89 bits per heavy atom. The number of hydrogen-bond donors (Lipinski definition) is 1. The van der Waals surface area contributed by atoms with E-state index in [1.54, 1.807) is 0 Å². The number of fused-ring (bicyclic) bond motifs is 2. The summed E-state index contributed by atoms with van der Waals surface area (Å²) >= 11 is 0. The van der Waals surface area contributed by atoms with Crippen molar-refractivity contribution in [1.82, 2.24) is 5.32 Å². The van der Waals surface area contributed by atoms with Crippen molar-refractivity contribution >= 4 is 5.91 Å². The zero-order valence-electron chi connectivity index (χ0n) is 12.0. The number of hydrogen-bond acceptors (Lipinski definition) is 1. The van der Waals surface area contributed by atoms with Gasteiger partial charge in [-0.15, -0.1) is 0 Å². The third-order valence-corrected chi connectivity index (χ3v) is 4.46. The number of aryl methyl sites for hydroxylation is 2. The van der Waals surface area contributed by atoms with E-state index in [1.807, 2.05) is 0 Å². The van der Waals surface area contributed by atoms with Crippen LogP contribution >= 0.6 is 0 Å². The van der Waals surface area contributed by atoms with Crippen LogP contribution in [0.3, 0.4) is 0 Å². The highest BCUT2D eigenvalue weighted by Crippen LogP contribution is 2.33. The van der Waals surface area contributed by atoms with Crippen molar-refractivity contribution in [3.8, 4) is 0 Å². The minimum atomic E-state index is 0.128. The van der Waals surface area contributed by atoms with Crippen molar-refractivity contribution in [3.05, 3.63) is 34.4 Å². The Kier molecular flexibility index (Phi) is 3.34. The quantitative estimate of drug-likeness (QED) is 0.864. The van der Waals surface area contributed by atoms with E-state index < -0.39 is 0 Å². The molecule has 1 aliphatic heterocycles. The summed E-state index contributed by atoms with van der Waals surface area (Å²) in [7, 11) is 0. The molecule has 1 aromatic carbocycles. The van der Waals surface area contributed by atoms with Crippen molar-refractivity contribution in [2.24, 2.45) is 5.92 Å².